The average molecular weight is 267 g/mol. The monoisotopic (exact) mass is 267 g/mol. The number of carboxylic acid groups (broad SMARTS) is 1. The molecule has 0 saturated carbocycles. The summed E-state index contributed by atoms with van der Waals surface area (Å²) in [6, 6.07) is 0. The lowest BCUT2D eigenvalue weighted by molar-refractivity contribution is -0.139. The second kappa shape index (κ2) is 6.55. The van der Waals surface area contributed by atoms with Gasteiger partial charge in [-0.2, -0.15) is 4.31 Å². The van der Waals surface area contributed by atoms with Crippen molar-refractivity contribution in [1.29, 1.82) is 0 Å². The Bertz CT molecular complexity index is 375. The first-order valence-corrected chi connectivity index (χ1v) is 6.56. The number of carboxylic acids is 1. The first kappa shape index (κ1) is 15.9. The molecule has 0 amide bonds. The molecule has 0 heterocycles. The maximum atomic E-state index is 11.7. The predicted molar refractivity (Wildman–Crippen MR) is 59.8 cm³/mol. The number of carbonyl (C=O) groups excluding carboxylic acids is 1. The topological polar surface area (TPSA) is 101 Å². The summed E-state index contributed by atoms with van der Waals surface area (Å²) in [4.78, 5) is 21.5. The largest absolute Gasteiger partial charge is 0.480 e. The maximum Gasteiger partial charge on any atom is 0.322 e. The van der Waals surface area contributed by atoms with Crippen LogP contribution in [0.3, 0.4) is 0 Å². The molecule has 0 aromatic carbocycles. The van der Waals surface area contributed by atoms with Gasteiger partial charge in [-0.3, -0.25) is 9.59 Å². The molecule has 0 bridgehead atoms. The van der Waals surface area contributed by atoms with Crippen LogP contribution in [0.1, 0.15) is 13.8 Å². The van der Waals surface area contributed by atoms with Crippen LogP contribution in [0, 0.1) is 5.92 Å². The van der Waals surface area contributed by atoms with Gasteiger partial charge in [-0.1, -0.05) is 13.8 Å². The van der Waals surface area contributed by atoms with E-state index in [0.717, 1.165) is 11.4 Å². The molecule has 100 valence electrons. The lowest BCUT2D eigenvalue weighted by Gasteiger charge is -2.21. The van der Waals surface area contributed by atoms with Crippen LogP contribution in [0.15, 0.2) is 0 Å². The van der Waals surface area contributed by atoms with Gasteiger partial charge in [0.25, 0.3) is 0 Å². The molecule has 0 unspecified atom stereocenters. The fraction of sp³-hybridized carbons (Fsp3) is 0.778. The molecule has 0 aromatic rings. The summed E-state index contributed by atoms with van der Waals surface area (Å²) in [6.45, 7) is 2.90. The van der Waals surface area contributed by atoms with E-state index in [1.807, 2.05) is 0 Å². The third-order valence-electron chi connectivity index (χ3n) is 1.80. The van der Waals surface area contributed by atoms with Crippen molar-refractivity contribution in [3.8, 4) is 0 Å². The van der Waals surface area contributed by atoms with E-state index in [4.69, 9.17) is 5.11 Å². The van der Waals surface area contributed by atoms with Gasteiger partial charge in [0, 0.05) is 6.54 Å². The molecule has 0 aliphatic carbocycles. The highest BCUT2D eigenvalue weighted by molar-refractivity contribution is 7.89. The maximum absolute atomic E-state index is 11.7. The summed E-state index contributed by atoms with van der Waals surface area (Å²) >= 11 is 0. The van der Waals surface area contributed by atoms with E-state index in [0.29, 0.717) is 0 Å². The summed E-state index contributed by atoms with van der Waals surface area (Å²) in [7, 11) is -2.87. The van der Waals surface area contributed by atoms with Crippen LogP contribution in [0.25, 0.3) is 0 Å². The quantitative estimate of drug-likeness (QED) is 0.626. The second-order valence-electron chi connectivity index (χ2n) is 3.91. The van der Waals surface area contributed by atoms with E-state index in [2.05, 4.69) is 4.74 Å². The number of nitrogens with zero attached hydrogens (tertiary/aromatic N) is 1. The van der Waals surface area contributed by atoms with Gasteiger partial charge < -0.3 is 9.84 Å². The summed E-state index contributed by atoms with van der Waals surface area (Å²) in [5.74, 6) is -3.06. The third kappa shape index (κ3) is 6.22. The number of hydrogen-bond donors (Lipinski definition) is 1. The van der Waals surface area contributed by atoms with Gasteiger partial charge in [0.15, 0.2) is 5.75 Å². The van der Waals surface area contributed by atoms with Crippen LogP contribution >= 0.6 is 0 Å². The number of hydrogen-bond acceptors (Lipinski definition) is 5. The van der Waals surface area contributed by atoms with E-state index < -0.39 is 34.3 Å². The Morgan fingerprint density at radius 2 is 1.88 bits per heavy atom. The molecule has 8 heteroatoms. The molecule has 0 saturated heterocycles. The van der Waals surface area contributed by atoms with Crippen molar-refractivity contribution in [2.24, 2.45) is 5.92 Å². The summed E-state index contributed by atoms with van der Waals surface area (Å²) in [6.07, 6.45) is 0. The molecule has 1 N–H and O–H groups in total. The van der Waals surface area contributed by atoms with Gasteiger partial charge >= 0.3 is 11.9 Å². The summed E-state index contributed by atoms with van der Waals surface area (Å²) in [5, 5.41) is 8.63. The van der Waals surface area contributed by atoms with Crippen molar-refractivity contribution in [3.05, 3.63) is 0 Å². The van der Waals surface area contributed by atoms with E-state index in [1.165, 1.54) is 0 Å². The predicted octanol–water partition coefficient (Wildman–Crippen LogP) is -0.468. The van der Waals surface area contributed by atoms with Crippen molar-refractivity contribution in [3.63, 3.8) is 0 Å². The summed E-state index contributed by atoms with van der Waals surface area (Å²) < 4.78 is 28.5. The first-order chi connectivity index (χ1) is 7.69. The molecule has 0 aromatic heterocycles. The SMILES string of the molecule is COC(=O)CS(=O)(=O)N(CC(=O)O)CC(C)C. The molecule has 7 nitrogen and oxygen atoms in total. The minimum Gasteiger partial charge on any atom is -0.480 e. The van der Waals surface area contributed by atoms with Crippen molar-refractivity contribution >= 4 is 22.0 Å². The van der Waals surface area contributed by atoms with Gasteiger partial charge in [0.05, 0.1) is 7.11 Å². The highest BCUT2D eigenvalue weighted by Gasteiger charge is 2.28. The van der Waals surface area contributed by atoms with Crippen LogP contribution in [0.2, 0.25) is 0 Å². The Kier molecular flexibility index (Phi) is 6.11. The minimum absolute atomic E-state index is 0.0400. The number of carbonyl (C=O) groups is 2. The molecule has 17 heavy (non-hydrogen) atoms. The Balaban J connectivity index is 4.88. The Hall–Kier alpha value is -1.15. The fourth-order valence-corrected chi connectivity index (χ4v) is 2.56. The Labute approximate surface area is 100 Å². The van der Waals surface area contributed by atoms with E-state index >= 15 is 0 Å². The van der Waals surface area contributed by atoms with E-state index in [1.54, 1.807) is 13.8 Å². The number of ether oxygens (including phenoxy) is 1. The molecule has 0 radical (unpaired) electrons. The van der Waals surface area contributed by atoms with Gasteiger partial charge in [-0.25, -0.2) is 8.42 Å². The van der Waals surface area contributed by atoms with Crippen LogP contribution < -0.4 is 0 Å². The normalized spacial score (nSPS) is 11.8. The van der Waals surface area contributed by atoms with Crippen molar-refractivity contribution in [2.75, 3.05) is 26.0 Å². The van der Waals surface area contributed by atoms with Crippen molar-refractivity contribution in [1.82, 2.24) is 4.31 Å². The smallest absolute Gasteiger partial charge is 0.322 e. The second-order valence-corrected chi connectivity index (χ2v) is 5.88. The van der Waals surface area contributed by atoms with Crippen molar-refractivity contribution < 1.29 is 27.9 Å². The highest BCUT2D eigenvalue weighted by atomic mass is 32.2. The molecular formula is C9H17NO6S. The number of sulfonamides is 1. The molecular weight excluding hydrogens is 250 g/mol. The van der Waals surface area contributed by atoms with Gasteiger partial charge in [-0.05, 0) is 5.92 Å². The van der Waals surface area contributed by atoms with Gasteiger partial charge in [-0.15, -0.1) is 0 Å². The molecule has 0 aliphatic rings. The molecule has 0 spiro atoms. The number of aliphatic carboxylic acids is 1. The molecule has 0 fully saturated rings. The Morgan fingerprint density at radius 1 is 1.35 bits per heavy atom. The summed E-state index contributed by atoms with van der Waals surface area (Å²) in [5.41, 5.74) is 0. The lowest BCUT2D eigenvalue weighted by atomic mass is 10.2. The molecule has 0 rings (SSSR count). The van der Waals surface area contributed by atoms with Crippen LogP contribution in [-0.4, -0.2) is 55.7 Å². The zero-order chi connectivity index (χ0) is 13.6. The van der Waals surface area contributed by atoms with Crippen LogP contribution in [0.4, 0.5) is 0 Å². The average Bonchev–Trinajstić information content (AvgIpc) is 2.14. The number of rotatable bonds is 7. The minimum atomic E-state index is -3.95. The van der Waals surface area contributed by atoms with Gasteiger partial charge in [0.1, 0.15) is 6.54 Å². The lowest BCUT2D eigenvalue weighted by Crippen LogP contribution is -2.41. The van der Waals surface area contributed by atoms with E-state index in [9.17, 15) is 18.0 Å². The highest BCUT2D eigenvalue weighted by Crippen LogP contribution is 2.06. The molecule has 0 atom stereocenters. The Morgan fingerprint density at radius 3 is 2.24 bits per heavy atom. The number of methoxy groups -OCH3 is 1. The standard InChI is InChI=1S/C9H17NO6S/c1-7(2)4-10(5-8(11)12)17(14,15)6-9(13)16-3/h7H,4-6H2,1-3H3,(H,11,12). The van der Waals surface area contributed by atoms with Crippen LogP contribution in [0.5, 0.6) is 0 Å². The van der Waals surface area contributed by atoms with Crippen LogP contribution in [-0.2, 0) is 24.3 Å². The first-order valence-electron chi connectivity index (χ1n) is 4.95. The third-order valence-corrected chi connectivity index (χ3v) is 3.47. The zero-order valence-corrected chi connectivity index (χ0v) is 10.9. The van der Waals surface area contributed by atoms with E-state index in [-0.39, 0.29) is 12.5 Å². The number of esters is 1. The van der Waals surface area contributed by atoms with Gasteiger partial charge in [0.2, 0.25) is 10.0 Å². The fourth-order valence-electron chi connectivity index (χ4n) is 1.13. The molecule has 0 aliphatic heterocycles. The zero-order valence-electron chi connectivity index (χ0n) is 10.0. The van der Waals surface area contributed by atoms with Crippen molar-refractivity contribution in [2.45, 2.75) is 13.8 Å².